The Morgan fingerprint density at radius 2 is 2.11 bits per heavy atom. The van der Waals surface area contributed by atoms with Crippen molar-refractivity contribution in [2.75, 3.05) is 50.0 Å². The Morgan fingerprint density at radius 1 is 1.33 bits per heavy atom. The maximum Gasteiger partial charge on any atom is 0.267 e. The summed E-state index contributed by atoms with van der Waals surface area (Å²) in [4.78, 5) is 19.7. The molecule has 2 aromatic rings. The SMILES string of the molecule is Cc1ccc(O)c(C)c1NC(=O)c1cnc(NCCCN2CCOCC2)s1. The number of aromatic hydroxyl groups is 1. The van der Waals surface area contributed by atoms with E-state index < -0.39 is 0 Å². The highest BCUT2D eigenvalue weighted by molar-refractivity contribution is 7.17. The molecule has 0 spiro atoms. The predicted molar refractivity (Wildman–Crippen MR) is 108 cm³/mol. The van der Waals surface area contributed by atoms with Gasteiger partial charge in [-0.25, -0.2) is 4.98 Å². The maximum atomic E-state index is 12.5. The quantitative estimate of drug-likeness (QED) is 0.630. The van der Waals surface area contributed by atoms with Crippen molar-refractivity contribution in [2.45, 2.75) is 20.3 Å². The number of thiazole rings is 1. The fourth-order valence-electron chi connectivity index (χ4n) is 2.99. The minimum absolute atomic E-state index is 0.169. The summed E-state index contributed by atoms with van der Waals surface area (Å²) in [6.07, 6.45) is 2.60. The zero-order valence-corrected chi connectivity index (χ0v) is 16.6. The molecule has 3 N–H and O–H groups in total. The number of carbonyl (C=O) groups is 1. The Balaban J connectivity index is 1.50. The van der Waals surface area contributed by atoms with E-state index in [1.807, 2.05) is 6.92 Å². The molecule has 0 saturated carbocycles. The summed E-state index contributed by atoms with van der Waals surface area (Å²) in [5.41, 5.74) is 2.22. The van der Waals surface area contributed by atoms with Crippen LogP contribution in [-0.4, -0.2) is 60.3 Å². The maximum absolute atomic E-state index is 12.5. The number of nitrogens with zero attached hydrogens (tertiary/aromatic N) is 2. The van der Waals surface area contributed by atoms with E-state index in [0.717, 1.165) is 56.5 Å². The standard InChI is InChI=1S/C19H26N4O3S/c1-13-4-5-15(24)14(2)17(13)22-18(25)16-12-21-19(27-16)20-6-3-7-23-8-10-26-11-9-23/h4-5,12,24H,3,6-11H2,1-2H3,(H,20,21)(H,22,25). The molecule has 0 unspecified atom stereocenters. The van der Waals surface area contributed by atoms with Gasteiger partial charge in [-0.1, -0.05) is 17.4 Å². The summed E-state index contributed by atoms with van der Waals surface area (Å²) in [5.74, 6) is -0.0477. The van der Waals surface area contributed by atoms with Crippen LogP contribution < -0.4 is 10.6 Å². The normalized spacial score (nSPS) is 14.9. The third kappa shape index (κ3) is 5.18. The van der Waals surface area contributed by atoms with Crippen molar-refractivity contribution < 1.29 is 14.6 Å². The molecule has 7 nitrogen and oxygen atoms in total. The van der Waals surface area contributed by atoms with Gasteiger partial charge in [0.05, 0.1) is 25.1 Å². The molecule has 0 radical (unpaired) electrons. The van der Waals surface area contributed by atoms with E-state index in [1.54, 1.807) is 25.3 Å². The van der Waals surface area contributed by atoms with E-state index in [1.165, 1.54) is 11.3 Å². The lowest BCUT2D eigenvalue weighted by Crippen LogP contribution is -2.37. The second-order valence-electron chi connectivity index (χ2n) is 6.62. The lowest BCUT2D eigenvalue weighted by molar-refractivity contribution is 0.0378. The van der Waals surface area contributed by atoms with E-state index in [4.69, 9.17) is 4.74 Å². The number of carbonyl (C=O) groups excluding carboxylic acids is 1. The van der Waals surface area contributed by atoms with Crippen LogP contribution in [0.3, 0.4) is 0 Å². The van der Waals surface area contributed by atoms with Gasteiger partial charge in [0, 0.05) is 25.2 Å². The minimum atomic E-state index is -0.217. The molecular formula is C19H26N4O3S. The summed E-state index contributed by atoms with van der Waals surface area (Å²) in [6, 6.07) is 3.41. The molecule has 0 atom stereocenters. The first kappa shape index (κ1) is 19.6. The highest BCUT2D eigenvalue weighted by Gasteiger charge is 2.15. The lowest BCUT2D eigenvalue weighted by Gasteiger charge is -2.26. The number of hydrogen-bond donors (Lipinski definition) is 3. The molecule has 1 aliphatic heterocycles. The Kier molecular flexibility index (Phi) is 6.65. The number of phenolic OH excluding ortho intramolecular Hbond substituents is 1. The van der Waals surface area contributed by atoms with Gasteiger partial charge in [-0.2, -0.15) is 0 Å². The molecule has 0 bridgehead atoms. The second kappa shape index (κ2) is 9.16. The summed E-state index contributed by atoms with van der Waals surface area (Å²) in [5, 5.41) is 16.8. The summed E-state index contributed by atoms with van der Waals surface area (Å²) < 4.78 is 5.35. The average Bonchev–Trinajstić information content (AvgIpc) is 3.15. The molecule has 1 aromatic heterocycles. The van der Waals surface area contributed by atoms with Crippen LogP contribution >= 0.6 is 11.3 Å². The third-order valence-corrected chi connectivity index (χ3v) is 5.60. The number of nitrogens with one attached hydrogen (secondary N) is 2. The lowest BCUT2D eigenvalue weighted by atomic mass is 10.1. The zero-order valence-electron chi connectivity index (χ0n) is 15.7. The number of aryl methyl sites for hydroxylation is 1. The van der Waals surface area contributed by atoms with Crippen LogP contribution in [0.1, 0.15) is 27.2 Å². The van der Waals surface area contributed by atoms with Crippen molar-refractivity contribution in [1.29, 1.82) is 0 Å². The van der Waals surface area contributed by atoms with Crippen molar-refractivity contribution in [1.82, 2.24) is 9.88 Å². The van der Waals surface area contributed by atoms with E-state index in [2.05, 4.69) is 20.5 Å². The molecule has 0 aliphatic carbocycles. The Hall–Kier alpha value is -2.16. The van der Waals surface area contributed by atoms with Crippen LogP contribution in [0.2, 0.25) is 0 Å². The van der Waals surface area contributed by atoms with Gasteiger partial charge in [-0.3, -0.25) is 9.69 Å². The molecule has 1 fully saturated rings. The van der Waals surface area contributed by atoms with Crippen molar-refractivity contribution in [3.05, 3.63) is 34.3 Å². The van der Waals surface area contributed by atoms with Crippen LogP contribution in [0.4, 0.5) is 10.8 Å². The topological polar surface area (TPSA) is 86.7 Å². The van der Waals surface area contributed by atoms with Gasteiger partial charge in [0.2, 0.25) is 0 Å². The highest BCUT2D eigenvalue weighted by atomic mass is 32.1. The van der Waals surface area contributed by atoms with Crippen molar-refractivity contribution in [3.63, 3.8) is 0 Å². The largest absolute Gasteiger partial charge is 0.508 e. The smallest absolute Gasteiger partial charge is 0.267 e. The number of anilines is 2. The van der Waals surface area contributed by atoms with E-state index in [0.29, 0.717) is 16.1 Å². The van der Waals surface area contributed by atoms with Gasteiger partial charge in [0.25, 0.3) is 5.91 Å². The van der Waals surface area contributed by atoms with Gasteiger partial charge in [-0.15, -0.1) is 0 Å². The second-order valence-corrected chi connectivity index (χ2v) is 7.65. The van der Waals surface area contributed by atoms with Gasteiger partial charge in [-0.05, 0) is 38.4 Å². The number of morpholine rings is 1. The molecule has 1 aliphatic rings. The van der Waals surface area contributed by atoms with Crippen LogP contribution in [0, 0.1) is 13.8 Å². The number of benzene rings is 1. The van der Waals surface area contributed by atoms with E-state index in [-0.39, 0.29) is 11.7 Å². The zero-order chi connectivity index (χ0) is 19.2. The number of phenols is 1. The van der Waals surface area contributed by atoms with Crippen molar-refractivity contribution >= 4 is 28.1 Å². The molecule has 1 amide bonds. The first-order valence-electron chi connectivity index (χ1n) is 9.15. The van der Waals surface area contributed by atoms with Crippen molar-refractivity contribution in [3.8, 4) is 5.75 Å². The summed E-state index contributed by atoms with van der Waals surface area (Å²) >= 11 is 1.33. The Labute approximate surface area is 163 Å². The number of aromatic nitrogens is 1. The minimum Gasteiger partial charge on any atom is -0.508 e. The van der Waals surface area contributed by atoms with E-state index >= 15 is 0 Å². The molecule has 2 heterocycles. The highest BCUT2D eigenvalue weighted by Crippen LogP contribution is 2.29. The Bertz CT molecular complexity index is 787. The third-order valence-electron chi connectivity index (χ3n) is 4.64. The van der Waals surface area contributed by atoms with Crippen LogP contribution in [0.25, 0.3) is 0 Å². The summed E-state index contributed by atoms with van der Waals surface area (Å²) in [7, 11) is 0. The van der Waals surface area contributed by atoms with Crippen LogP contribution in [0.5, 0.6) is 5.75 Å². The van der Waals surface area contributed by atoms with E-state index in [9.17, 15) is 9.90 Å². The molecule has 146 valence electrons. The van der Waals surface area contributed by atoms with Gasteiger partial charge < -0.3 is 20.5 Å². The first-order chi connectivity index (χ1) is 13.0. The van der Waals surface area contributed by atoms with Gasteiger partial charge in [0.1, 0.15) is 10.6 Å². The molecular weight excluding hydrogens is 364 g/mol. The summed E-state index contributed by atoms with van der Waals surface area (Å²) in [6.45, 7) is 9.15. The fraction of sp³-hybridized carbons (Fsp3) is 0.474. The molecule has 27 heavy (non-hydrogen) atoms. The number of hydrogen-bond acceptors (Lipinski definition) is 7. The molecule has 1 saturated heterocycles. The van der Waals surface area contributed by atoms with Crippen LogP contribution in [-0.2, 0) is 4.74 Å². The Morgan fingerprint density at radius 3 is 2.89 bits per heavy atom. The van der Waals surface area contributed by atoms with Crippen LogP contribution in [0.15, 0.2) is 18.3 Å². The first-order valence-corrected chi connectivity index (χ1v) is 9.96. The molecule has 3 rings (SSSR count). The van der Waals surface area contributed by atoms with Gasteiger partial charge >= 0.3 is 0 Å². The predicted octanol–water partition coefficient (Wildman–Crippen LogP) is 2.85. The van der Waals surface area contributed by atoms with Crippen molar-refractivity contribution in [2.24, 2.45) is 0 Å². The number of rotatable bonds is 7. The molecule has 1 aromatic carbocycles. The number of ether oxygens (including phenoxy) is 1. The molecule has 8 heteroatoms. The number of amides is 1. The average molecular weight is 391 g/mol. The monoisotopic (exact) mass is 390 g/mol. The fourth-order valence-corrected chi connectivity index (χ4v) is 3.72. The van der Waals surface area contributed by atoms with Gasteiger partial charge in [0.15, 0.2) is 5.13 Å².